The minimum absolute atomic E-state index is 0.0362. The average molecular weight is 689 g/mol. The van der Waals surface area contributed by atoms with Crippen molar-refractivity contribution in [2.45, 2.75) is 70.6 Å². The highest BCUT2D eigenvalue weighted by Crippen LogP contribution is 2.35. The van der Waals surface area contributed by atoms with E-state index in [0.29, 0.717) is 30.7 Å². The fourth-order valence-electron chi connectivity index (χ4n) is 6.22. The van der Waals surface area contributed by atoms with Gasteiger partial charge in [0.25, 0.3) is 0 Å². The Bertz CT molecular complexity index is 1710. The van der Waals surface area contributed by atoms with Crippen molar-refractivity contribution in [3.8, 4) is 17.2 Å². The van der Waals surface area contributed by atoms with Crippen molar-refractivity contribution in [2.24, 2.45) is 13.0 Å². The first-order valence-electron chi connectivity index (χ1n) is 17.0. The predicted molar refractivity (Wildman–Crippen MR) is 186 cm³/mol. The second-order valence-electron chi connectivity index (χ2n) is 12.5. The number of carbonyl (C=O) groups excluding carboxylic acids is 1. The second-order valence-corrected chi connectivity index (χ2v) is 12.5. The van der Waals surface area contributed by atoms with Gasteiger partial charge in [0.05, 0.1) is 18.3 Å². The molecule has 264 valence electrons. The van der Waals surface area contributed by atoms with Gasteiger partial charge in [-0.25, -0.2) is 14.8 Å². The zero-order valence-electron chi connectivity index (χ0n) is 28.4. The molecule has 14 heteroatoms. The van der Waals surface area contributed by atoms with Gasteiger partial charge < -0.3 is 15.5 Å². The molecule has 1 aromatic carbocycles. The Hall–Kier alpha value is -5.19. The molecule has 1 aliphatic heterocycles. The number of hydrogen-bond acceptors (Lipinski definition) is 8. The van der Waals surface area contributed by atoms with Crippen LogP contribution < -0.4 is 20.4 Å². The van der Waals surface area contributed by atoms with Gasteiger partial charge in [0.2, 0.25) is 5.95 Å². The molecule has 0 aliphatic carbocycles. The maximum atomic E-state index is 13.8. The number of aromatic nitrogens is 5. The molecule has 3 aromatic heterocycles. The van der Waals surface area contributed by atoms with Crippen LogP contribution in [0.25, 0.3) is 11.1 Å². The van der Waals surface area contributed by atoms with Gasteiger partial charge in [-0.05, 0) is 56.2 Å². The molecule has 0 radical (unpaired) electrons. The Balaban J connectivity index is 1.22. The van der Waals surface area contributed by atoms with Crippen molar-refractivity contribution in [1.82, 2.24) is 30.0 Å². The number of aryl methyl sites for hydroxylation is 1. The number of carbonyl (C=O) groups is 1. The summed E-state index contributed by atoms with van der Waals surface area (Å²) in [5.41, 5.74) is 3.08. The molecule has 1 aliphatic rings. The molecule has 0 unspecified atom stereocenters. The SMILES string of the molecule is CCC[C@H](CCCCNc1ncc(C#N)c(N2CCC(C(F)(F)F)CC2)n1)N(C(=O)NCc1ccccc1)c1ccc(-c2cnn(C)c2)cn1. The van der Waals surface area contributed by atoms with Gasteiger partial charge in [-0.2, -0.15) is 28.5 Å². The van der Waals surface area contributed by atoms with E-state index in [4.69, 9.17) is 4.98 Å². The Morgan fingerprint density at radius 3 is 2.46 bits per heavy atom. The first kappa shape index (κ1) is 36.1. The molecule has 5 rings (SSSR count). The number of nitrogens with one attached hydrogen (secondary N) is 2. The summed E-state index contributed by atoms with van der Waals surface area (Å²) in [7, 11) is 1.86. The van der Waals surface area contributed by atoms with E-state index in [1.165, 1.54) is 6.20 Å². The Morgan fingerprint density at radius 1 is 1.04 bits per heavy atom. The summed E-state index contributed by atoms with van der Waals surface area (Å²) in [5, 5.41) is 20.1. The molecule has 0 spiro atoms. The van der Waals surface area contributed by atoms with Gasteiger partial charge in [-0.15, -0.1) is 0 Å². The van der Waals surface area contributed by atoms with Crippen molar-refractivity contribution in [3.05, 3.63) is 78.4 Å². The number of alkyl halides is 3. The molecule has 1 saturated heterocycles. The van der Waals surface area contributed by atoms with Crippen molar-refractivity contribution in [3.63, 3.8) is 0 Å². The maximum Gasteiger partial charge on any atom is 0.391 e. The third kappa shape index (κ3) is 9.49. The molecule has 11 nitrogen and oxygen atoms in total. The van der Waals surface area contributed by atoms with Crippen LogP contribution in [0.1, 0.15) is 63.0 Å². The monoisotopic (exact) mass is 688 g/mol. The van der Waals surface area contributed by atoms with Crippen LogP contribution in [0.4, 0.5) is 35.5 Å². The van der Waals surface area contributed by atoms with Gasteiger partial charge in [0, 0.05) is 62.8 Å². The number of benzene rings is 1. The lowest BCUT2D eigenvalue weighted by Crippen LogP contribution is -2.46. The number of rotatable bonds is 14. The summed E-state index contributed by atoms with van der Waals surface area (Å²) in [6, 6.07) is 15.3. The number of nitriles is 1. The molecule has 1 fully saturated rings. The van der Waals surface area contributed by atoms with Crippen molar-refractivity contribution >= 4 is 23.6 Å². The van der Waals surface area contributed by atoms with Gasteiger partial charge in [0.1, 0.15) is 17.5 Å². The zero-order valence-corrected chi connectivity index (χ0v) is 28.4. The number of piperidine rings is 1. The van der Waals surface area contributed by atoms with E-state index in [1.807, 2.05) is 55.7 Å². The number of amides is 2. The summed E-state index contributed by atoms with van der Waals surface area (Å²) in [5.74, 6) is -0.0969. The fraction of sp³-hybridized carbons (Fsp3) is 0.444. The molecular formula is C36H43F3N10O. The number of anilines is 3. The summed E-state index contributed by atoms with van der Waals surface area (Å²) < 4.78 is 41.3. The van der Waals surface area contributed by atoms with E-state index in [0.717, 1.165) is 48.8 Å². The molecule has 50 heavy (non-hydrogen) atoms. The third-order valence-corrected chi connectivity index (χ3v) is 8.92. The van der Waals surface area contributed by atoms with Crippen LogP contribution in [-0.4, -0.2) is 62.6 Å². The largest absolute Gasteiger partial charge is 0.391 e. The normalized spacial score (nSPS) is 14.2. The molecule has 2 N–H and O–H groups in total. The zero-order chi connectivity index (χ0) is 35.5. The average Bonchev–Trinajstić information content (AvgIpc) is 3.57. The topological polar surface area (TPSA) is 128 Å². The van der Waals surface area contributed by atoms with Crippen LogP contribution >= 0.6 is 0 Å². The summed E-state index contributed by atoms with van der Waals surface area (Å²) in [6.07, 6.45) is 6.51. The lowest BCUT2D eigenvalue weighted by Gasteiger charge is -2.34. The minimum atomic E-state index is -4.22. The number of halogens is 3. The van der Waals surface area contributed by atoms with Crippen molar-refractivity contribution in [2.75, 3.05) is 34.8 Å². The van der Waals surface area contributed by atoms with E-state index >= 15 is 0 Å². The van der Waals surface area contributed by atoms with E-state index in [1.54, 1.807) is 26.9 Å². The Kier molecular flexibility index (Phi) is 12.2. The highest BCUT2D eigenvalue weighted by Gasteiger charge is 2.41. The predicted octanol–water partition coefficient (Wildman–Crippen LogP) is 7.09. The molecule has 0 bridgehead atoms. The quantitative estimate of drug-likeness (QED) is 0.135. The van der Waals surface area contributed by atoms with Crippen LogP contribution in [0.5, 0.6) is 0 Å². The number of nitrogens with zero attached hydrogens (tertiary/aromatic N) is 8. The summed E-state index contributed by atoms with van der Waals surface area (Å²) in [4.78, 5) is 30.8. The van der Waals surface area contributed by atoms with Crippen LogP contribution in [-0.2, 0) is 13.6 Å². The van der Waals surface area contributed by atoms with Gasteiger partial charge >= 0.3 is 12.2 Å². The number of unbranched alkanes of at least 4 members (excludes halogenated alkanes) is 1. The molecule has 0 saturated carbocycles. The van der Waals surface area contributed by atoms with Gasteiger partial charge in [-0.1, -0.05) is 43.7 Å². The van der Waals surface area contributed by atoms with Crippen LogP contribution in [0, 0.1) is 17.2 Å². The summed E-state index contributed by atoms with van der Waals surface area (Å²) >= 11 is 0. The second kappa shape index (κ2) is 17.0. The lowest BCUT2D eigenvalue weighted by atomic mass is 9.96. The minimum Gasteiger partial charge on any atom is -0.355 e. The van der Waals surface area contributed by atoms with Crippen LogP contribution in [0.2, 0.25) is 0 Å². The van der Waals surface area contributed by atoms with Crippen molar-refractivity contribution < 1.29 is 18.0 Å². The standard InChI is InChI=1S/C36H43F3N10O/c1-3-9-31(12-7-8-17-41-34-43-23-28(20-40)33(46-34)48-18-15-30(16-19-48)36(37,38)39)49(35(50)44-21-26-10-5-4-6-11-26)32-14-13-27(22-42-32)29-24-45-47(2)25-29/h4-6,10-11,13-14,22-25,30-31H,3,7-9,12,15-19,21H2,1-2H3,(H,44,50)(H,41,43,46)/t31-/m1/s1. The van der Waals surface area contributed by atoms with Crippen LogP contribution in [0.3, 0.4) is 0 Å². The van der Waals surface area contributed by atoms with E-state index in [9.17, 15) is 23.2 Å². The third-order valence-electron chi connectivity index (χ3n) is 8.92. The maximum absolute atomic E-state index is 13.8. The Morgan fingerprint density at radius 2 is 1.82 bits per heavy atom. The number of pyridine rings is 1. The first-order valence-corrected chi connectivity index (χ1v) is 17.0. The number of urea groups is 1. The van der Waals surface area contributed by atoms with E-state index < -0.39 is 12.1 Å². The molecule has 2 amide bonds. The molecule has 4 heterocycles. The van der Waals surface area contributed by atoms with Gasteiger partial charge in [-0.3, -0.25) is 9.58 Å². The molecule has 1 atom stereocenters. The smallest absolute Gasteiger partial charge is 0.355 e. The van der Waals surface area contributed by atoms with E-state index in [-0.39, 0.29) is 43.6 Å². The van der Waals surface area contributed by atoms with Crippen molar-refractivity contribution in [1.29, 1.82) is 5.26 Å². The fourth-order valence-corrected chi connectivity index (χ4v) is 6.22. The van der Waals surface area contributed by atoms with E-state index in [2.05, 4.69) is 38.7 Å². The summed E-state index contributed by atoms with van der Waals surface area (Å²) in [6.45, 7) is 3.37. The lowest BCUT2D eigenvalue weighted by molar-refractivity contribution is -0.179. The molecule has 4 aromatic rings. The highest BCUT2D eigenvalue weighted by atomic mass is 19.4. The van der Waals surface area contributed by atoms with Gasteiger partial charge in [0.15, 0.2) is 5.82 Å². The Labute approximate surface area is 290 Å². The number of hydrogen-bond donors (Lipinski definition) is 2. The highest BCUT2D eigenvalue weighted by molar-refractivity contribution is 5.91. The first-order chi connectivity index (χ1) is 24.2. The van der Waals surface area contributed by atoms with Crippen LogP contribution in [0.15, 0.2) is 67.3 Å². The molecular weight excluding hydrogens is 645 g/mol.